The molecule has 0 spiro atoms. The molecule has 3 heteroatoms. The molecule has 1 aliphatic heterocycles. The van der Waals surface area contributed by atoms with Crippen LogP contribution in [0.5, 0.6) is 0 Å². The highest BCUT2D eigenvalue weighted by Gasteiger charge is 2.31. The molecule has 1 saturated heterocycles. The molecule has 0 radical (unpaired) electrons. The molecule has 0 amide bonds. The summed E-state index contributed by atoms with van der Waals surface area (Å²) < 4.78 is 11.5. The third-order valence-corrected chi connectivity index (χ3v) is 3.67. The highest BCUT2D eigenvalue weighted by molar-refractivity contribution is 5.78. The zero-order valence-corrected chi connectivity index (χ0v) is 13.0. The van der Waals surface area contributed by atoms with E-state index >= 15 is 0 Å². The molecule has 0 aromatic carbocycles. The van der Waals surface area contributed by atoms with E-state index in [-0.39, 0.29) is 18.2 Å². The molecular weight excluding hydrogens is 252 g/mol. The van der Waals surface area contributed by atoms with Gasteiger partial charge in [0.2, 0.25) is 0 Å². The number of hydrogen-bond donors (Lipinski definition) is 0. The van der Waals surface area contributed by atoms with E-state index in [4.69, 9.17) is 9.47 Å². The van der Waals surface area contributed by atoms with E-state index in [0.717, 1.165) is 17.6 Å². The van der Waals surface area contributed by atoms with Crippen LogP contribution in [0.15, 0.2) is 35.1 Å². The van der Waals surface area contributed by atoms with Crippen LogP contribution in [-0.2, 0) is 14.3 Å². The van der Waals surface area contributed by atoms with Gasteiger partial charge in [-0.2, -0.15) is 0 Å². The van der Waals surface area contributed by atoms with Crippen molar-refractivity contribution in [3.05, 3.63) is 35.1 Å². The van der Waals surface area contributed by atoms with Crippen molar-refractivity contribution in [1.82, 2.24) is 0 Å². The predicted molar refractivity (Wildman–Crippen MR) is 79.0 cm³/mol. The number of allylic oxidation sites excluding steroid dienone is 4. The Labute approximate surface area is 121 Å². The second-order valence-electron chi connectivity index (χ2n) is 6.15. The maximum atomic E-state index is 12.3. The monoisotopic (exact) mass is 276 g/mol. The van der Waals surface area contributed by atoms with Gasteiger partial charge in [0.05, 0.1) is 6.10 Å². The number of cyclic esters (lactones) is 1. The third-order valence-electron chi connectivity index (χ3n) is 3.67. The van der Waals surface area contributed by atoms with E-state index in [2.05, 4.69) is 19.9 Å². The van der Waals surface area contributed by atoms with E-state index in [9.17, 15) is 4.79 Å². The lowest BCUT2D eigenvalue weighted by molar-refractivity contribution is -0.155. The van der Waals surface area contributed by atoms with Crippen molar-refractivity contribution in [2.45, 2.75) is 53.2 Å². The van der Waals surface area contributed by atoms with Gasteiger partial charge in [0.15, 0.2) is 0 Å². The highest BCUT2D eigenvalue weighted by atomic mass is 16.6. The first kappa shape index (κ1) is 14.9. The van der Waals surface area contributed by atoms with Crippen molar-refractivity contribution in [3.8, 4) is 0 Å². The van der Waals surface area contributed by atoms with Crippen LogP contribution in [0.1, 0.15) is 41.0 Å². The standard InChI is InChI=1S/C17H24O3/c1-10(2)14-6-11(3)7-16-15(9-14)17(18)20-13(5)8-12(4)19-16/h6-7,9-10,12-13,15H,8H2,1-5H3/t12-,13+,15?/m0/s1. The Morgan fingerprint density at radius 1 is 1.15 bits per heavy atom. The van der Waals surface area contributed by atoms with E-state index in [1.54, 1.807) is 0 Å². The van der Waals surface area contributed by atoms with Crippen LogP contribution in [0.25, 0.3) is 0 Å². The Morgan fingerprint density at radius 2 is 1.80 bits per heavy atom. The van der Waals surface area contributed by atoms with Crippen LogP contribution >= 0.6 is 0 Å². The van der Waals surface area contributed by atoms with Gasteiger partial charge in [0.25, 0.3) is 0 Å². The molecule has 1 unspecified atom stereocenters. The molecule has 0 saturated carbocycles. The molecule has 0 aromatic rings. The number of carbonyl (C=O) groups is 1. The molecule has 0 N–H and O–H groups in total. The summed E-state index contributed by atoms with van der Waals surface area (Å²) >= 11 is 0. The fraction of sp³-hybridized carbons (Fsp3) is 0.588. The number of hydrogen-bond acceptors (Lipinski definition) is 3. The average Bonchev–Trinajstić information content (AvgIpc) is 2.46. The average molecular weight is 276 g/mol. The normalized spacial score (nSPS) is 30.8. The summed E-state index contributed by atoms with van der Waals surface area (Å²) in [6.07, 6.45) is 6.73. The molecular formula is C17H24O3. The number of carbonyl (C=O) groups excluding carboxylic acids is 1. The molecule has 2 aliphatic rings. The van der Waals surface area contributed by atoms with Crippen LogP contribution in [0.4, 0.5) is 0 Å². The lowest BCUT2D eigenvalue weighted by atomic mass is 9.97. The number of esters is 1. The zero-order valence-electron chi connectivity index (χ0n) is 13.0. The fourth-order valence-electron chi connectivity index (χ4n) is 2.66. The van der Waals surface area contributed by atoms with Crippen molar-refractivity contribution in [2.24, 2.45) is 11.8 Å². The number of fused-ring (bicyclic) bond motifs is 1. The molecule has 0 bridgehead atoms. The van der Waals surface area contributed by atoms with Gasteiger partial charge in [0, 0.05) is 6.42 Å². The molecule has 110 valence electrons. The lowest BCUT2D eigenvalue weighted by Gasteiger charge is -2.28. The SMILES string of the molecule is CC1=CC(C(C)C)=CC2C(=O)O[C@H](C)C[C@H](C)OC2=C1. The van der Waals surface area contributed by atoms with Gasteiger partial charge in [-0.3, -0.25) is 4.79 Å². The molecule has 1 aliphatic carbocycles. The van der Waals surface area contributed by atoms with Crippen LogP contribution in [0.2, 0.25) is 0 Å². The molecule has 20 heavy (non-hydrogen) atoms. The minimum atomic E-state index is -0.425. The van der Waals surface area contributed by atoms with Gasteiger partial charge in [0.1, 0.15) is 17.8 Å². The summed E-state index contributed by atoms with van der Waals surface area (Å²) in [5, 5.41) is 0. The summed E-state index contributed by atoms with van der Waals surface area (Å²) in [4.78, 5) is 12.3. The highest BCUT2D eigenvalue weighted by Crippen LogP contribution is 2.30. The molecule has 3 nitrogen and oxygen atoms in total. The lowest BCUT2D eigenvalue weighted by Crippen LogP contribution is -2.31. The Kier molecular flexibility index (Phi) is 4.36. The first-order valence-electron chi connectivity index (χ1n) is 7.35. The maximum absolute atomic E-state index is 12.3. The van der Waals surface area contributed by atoms with Gasteiger partial charge >= 0.3 is 5.97 Å². The Balaban J connectivity index is 2.41. The first-order chi connectivity index (χ1) is 9.36. The van der Waals surface area contributed by atoms with Gasteiger partial charge in [-0.05, 0) is 43.9 Å². The van der Waals surface area contributed by atoms with E-state index in [1.807, 2.05) is 32.9 Å². The largest absolute Gasteiger partial charge is 0.494 e. The van der Waals surface area contributed by atoms with Crippen LogP contribution in [0, 0.1) is 11.8 Å². The fourth-order valence-corrected chi connectivity index (χ4v) is 2.66. The zero-order chi connectivity index (χ0) is 14.9. The Morgan fingerprint density at radius 3 is 2.45 bits per heavy atom. The molecule has 3 atom stereocenters. The second-order valence-corrected chi connectivity index (χ2v) is 6.15. The van der Waals surface area contributed by atoms with Crippen LogP contribution < -0.4 is 0 Å². The van der Waals surface area contributed by atoms with Crippen molar-refractivity contribution in [2.75, 3.05) is 0 Å². The molecule has 1 heterocycles. The second kappa shape index (κ2) is 5.86. The predicted octanol–water partition coefficient (Wildman–Crippen LogP) is 3.77. The van der Waals surface area contributed by atoms with Crippen LogP contribution in [-0.4, -0.2) is 18.2 Å². The maximum Gasteiger partial charge on any atom is 0.320 e. The molecule has 2 rings (SSSR count). The summed E-state index contributed by atoms with van der Waals surface area (Å²) in [6.45, 7) is 10.2. The van der Waals surface area contributed by atoms with Gasteiger partial charge in [-0.25, -0.2) is 0 Å². The number of rotatable bonds is 1. The van der Waals surface area contributed by atoms with Crippen molar-refractivity contribution < 1.29 is 14.3 Å². The van der Waals surface area contributed by atoms with Crippen molar-refractivity contribution >= 4 is 5.97 Å². The number of ether oxygens (including phenoxy) is 2. The molecule has 0 aromatic heterocycles. The van der Waals surface area contributed by atoms with Crippen molar-refractivity contribution in [3.63, 3.8) is 0 Å². The molecule has 1 fully saturated rings. The summed E-state index contributed by atoms with van der Waals surface area (Å²) in [6, 6.07) is 0. The Hall–Kier alpha value is -1.51. The summed E-state index contributed by atoms with van der Waals surface area (Å²) in [5.74, 6) is 0.438. The quantitative estimate of drug-likeness (QED) is 0.684. The van der Waals surface area contributed by atoms with Gasteiger partial charge < -0.3 is 9.47 Å². The van der Waals surface area contributed by atoms with Crippen LogP contribution in [0.3, 0.4) is 0 Å². The Bertz CT molecular complexity index is 482. The van der Waals surface area contributed by atoms with Gasteiger partial charge in [-0.1, -0.05) is 26.0 Å². The van der Waals surface area contributed by atoms with E-state index in [1.165, 1.54) is 0 Å². The smallest absolute Gasteiger partial charge is 0.320 e. The van der Waals surface area contributed by atoms with E-state index in [0.29, 0.717) is 11.7 Å². The minimum Gasteiger partial charge on any atom is -0.494 e. The van der Waals surface area contributed by atoms with Gasteiger partial charge in [-0.15, -0.1) is 0 Å². The summed E-state index contributed by atoms with van der Waals surface area (Å²) in [5.41, 5.74) is 2.26. The topological polar surface area (TPSA) is 35.5 Å². The van der Waals surface area contributed by atoms with E-state index < -0.39 is 5.92 Å². The summed E-state index contributed by atoms with van der Waals surface area (Å²) in [7, 11) is 0. The third kappa shape index (κ3) is 3.33. The minimum absolute atomic E-state index is 0.0497. The van der Waals surface area contributed by atoms with Crippen molar-refractivity contribution in [1.29, 1.82) is 0 Å². The first-order valence-corrected chi connectivity index (χ1v) is 7.35.